The molecule has 0 spiro atoms. The Hall–Kier alpha value is -0.580. The van der Waals surface area contributed by atoms with Crippen molar-refractivity contribution in [3.63, 3.8) is 0 Å². The molecule has 1 heterocycles. The summed E-state index contributed by atoms with van der Waals surface area (Å²) in [4.78, 5) is 0. The van der Waals surface area contributed by atoms with Crippen LogP contribution in [0.1, 0.15) is 24.2 Å². The van der Waals surface area contributed by atoms with Crippen LogP contribution in [0.25, 0.3) is 0 Å². The lowest BCUT2D eigenvalue weighted by molar-refractivity contribution is 0.0262. The summed E-state index contributed by atoms with van der Waals surface area (Å²) in [7, 11) is 0. The zero-order valence-corrected chi connectivity index (χ0v) is 10.9. The summed E-state index contributed by atoms with van der Waals surface area (Å²) in [5.74, 6) is 0.374. The highest BCUT2D eigenvalue weighted by Gasteiger charge is 2.20. The van der Waals surface area contributed by atoms with E-state index in [1.54, 1.807) is 0 Å². The van der Waals surface area contributed by atoms with E-state index >= 15 is 0 Å². The van der Waals surface area contributed by atoms with Gasteiger partial charge in [0.05, 0.1) is 12.7 Å². The summed E-state index contributed by atoms with van der Waals surface area (Å²) < 4.78 is 6.65. The molecule has 2 rings (SSSR count). The van der Waals surface area contributed by atoms with Gasteiger partial charge in [-0.1, -0.05) is 22.9 Å². The van der Waals surface area contributed by atoms with E-state index in [1.165, 1.54) is 0 Å². The molecule has 1 saturated heterocycles. The lowest BCUT2D eigenvalue weighted by Crippen LogP contribution is -2.33. The summed E-state index contributed by atoms with van der Waals surface area (Å²) in [6.45, 7) is 4.36. The zero-order chi connectivity index (χ0) is 11.5. The maximum Gasteiger partial charge on any atom is 0.124 e. The molecule has 0 saturated carbocycles. The van der Waals surface area contributed by atoms with Gasteiger partial charge in [0.2, 0.25) is 0 Å². The lowest BCUT2D eigenvalue weighted by Gasteiger charge is -2.25. The summed E-state index contributed by atoms with van der Waals surface area (Å²) >= 11 is 3.47. The van der Waals surface area contributed by atoms with Crippen molar-refractivity contribution in [2.75, 3.05) is 19.7 Å². The van der Waals surface area contributed by atoms with Gasteiger partial charge < -0.3 is 15.2 Å². The Labute approximate surface area is 104 Å². The van der Waals surface area contributed by atoms with E-state index in [9.17, 15) is 5.11 Å². The Balaban J connectivity index is 2.34. The highest BCUT2D eigenvalue weighted by molar-refractivity contribution is 9.10. The summed E-state index contributed by atoms with van der Waals surface area (Å²) in [6.07, 6.45) is 0.773. The molecule has 0 bridgehead atoms. The Kier molecular flexibility index (Phi) is 3.84. The summed E-state index contributed by atoms with van der Waals surface area (Å²) in [5, 5.41) is 13.4. The Morgan fingerprint density at radius 1 is 1.56 bits per heavy atom. The monoisotopic (exact) mass is 285 g/mol. The van der Waals surface area contributed by atoms with Crippen LogP contribution in [0, 0.1) is 0 Å². The molecule has 1 atom stereocenters. The molecule has 1 aromatic rings. The molecule has 0 aliphatic carbocycles. The quantitative estimate of drug-likeness (QED) is 0.877. The second-order valence-electron chi connectivity index (χ2n) is 3.92. The fraction of sp³-hybridized carbons (Fsp3) is 0.500. The van der Waals surface area contributed by atoms with Gasteiger partial charge in [-0.05, 0) is 24.1 Å². The molecule has 4 heteroatoms. The van der Waals surface area contributed by atoms with Gasteiger partial charge in [-0.3, -0.25) is 0 Å². The first-order valence-corrected chi connectivity index (χ1v) is 6.35. The van der Waals surface area contributed by atoms with Crippen molar-refractivity contribution in [3.05, 3.63) is 27.7 Å². The number of ether oxygens (including phenoxy) is 1. The minimum Gasteiger partial charge on any atom is -0.507 e. The van der Waals surface area contributed by atoms with Gasteiger partial charge in [0.25, 0.3) is 0 Å². The minimum atomic E-state index is -0.0449. The third kappa shape index (κ3) is 2.39. The van der Waals surface area contributed by atoms with E-state index in [-0.39, 0.29) is 6.10 Å². The van der Waals surface area contributed by atoms with Gasteiger partial charge in [-0.15, -0.1) is 0 Å². The van der Waals surface area contributed by atoms with Crippen LogP contribution >= 0.6 is 15.9 Å². The standard InChI is InChI=1S/C12H16BrNO2/c1-2-8-5-9(13)6-10(12(8)15)11-7-14-3-4-16-11/h5-6,11,14-15H,2-4,7H2,1H3. The Bertz CT molecular complexity index is 376. The topological polar surface area (TPSA) is 41.5 Å². The molecule has 1 fully saturated rings. The predicted octanol–water partition coefficient (Wildman–Crippen LogP) is 2.38. The molecule has 0 radical (unpaired) electrons. The van der Waals surface area contributed by atoms with E-state index in [2.05, 4.69) is 21.2 Å². The van der Waals surface area contributed by atoms with Gasteiger partial charge in [-0.25, -0.2) is 0 Å². The van der Waals surface area contributed by atoms with Crippen molar-refractivity contribution >= 4 is 15.9 Å². The molecule has 16 heavy (non-hydrogen) atoms. The van der Waals surface area contributed by atoms with Crippen molar-refractivity contribution in [1.29, 1.82) is 0 Å². The number of aromatic hydroxyl groups is 1. The van der Waals surface area contributed by atoms with Crippen molar-refractivity contribution < 1.29 is 9.84 Å². The maximum absolute atomic E-state index is 10.1. The molecule has 2 N–H and O–H groups in total. The molecule has 3 nitrogen and oxygen atoms in total. The summed E-state index contributed by atoms with van der Waals surface area (Å²) in [5.41, 5.74) is 1.83. The maximum atomic E-state index is 10.1. The summed E-state index contributed by atoms with van der Waals surface area (Å²) in [6, 6.07) is 3.89. The van der Waals surface area contributed by atoms with E-state index in [1.807, 2.05) is 19.1 Å². The fourth-order valence-electron chi connectivity index (χ4n) is 1.96. The number of hydrogen-bond acceptors (Lipinski definition) is 3. The zero-order valence-electron chi connectivity index (χ0n) is 9.29. The van der Waals surface area contributed by atoms with Crippen LogP contribution < -0.4 is 5.32 Å². The number of phenolic OH excluding ortho intramolecular Hbond substituents is 1. The van der Waals surface area contributed by atoms with E-state index < -0.39 is 0 Å². The number of nitrogens with one attached hydrogen (secondary N) is 1. The Morgan fingerprint density at radius 3 is 3.00 bits per heavy atom. The molecule has 1 aromatic carbocycles. The van der Waals surface area contributed by atoms with Gasteiger partial charge >= 0.3 is 0 Å². The second-order valence-corrected chi connectivity index (χ2v) is 4.84. The third-order valence-electron chi connectivity index (χ3n) is 2.84. The molecular formula is C12H16BrNO2. The van der Waals surface area contributed by atoms with E-state index in [0.29, 0.717) is 12.4 Å². The average molecular weight is 286 g/mol. The molecule has 0 amide bonds. The molecule has 1 unspecified atom stereocenters. The van der Waals surface area contributed by atoms with Crippen molar-refractivity contribution in [3.8, 4) is 5.75 Å². The van der Waals surface area contributed by atoms with Crippen LogP contribution in [0.5, 0.6) is 5.75 Å². The first-order chi connectivity index (χ1) is 7.72. The van der Waals surface area contributed by atoms with E-state index in [4.69, 9.17) is 4.74 Å². The molecule has 1 aliphatic heterocycles. The van der Waals surface area contributed by atoms with Crippen molar-refractivity contribution in [2.24, 2.45) is 0 Å². The average Bonchev–Trinajstić information content (AvgIpc) is 2.33. The first kappa shape index (κ1) is 11.9. The normalized spacial score (nSPS) is 21.0. The number of rotatable bonds is 2. The second kappa shape index (κ2) is 5.17. The van der Waals surface area contributed by atoms with E-state index in [0.717, 1.165) is 35.1 Å². The van der Waals surface area contributed by atoms with Crippen LogP contribution in [0.2, 0.25) is 0 Å². The highest BCUT2D eigenvalue weighted by Crippen LogP contribution is 2.34. The lowest BCUT2D eigenvalue weighted by atomic mass is 10.0. The molecular weight excluding hydrogens is 270 g/mol. The van der Waals surface area contributed by atoms with Gasteiger partial charge in [0.15, 0.2) is 0 Å². The number of halogens is 1. The van der Waals surface area contributed by atoms with Crippen molar-refractivity contribution in [2.45, 2.75) is 19.4 Å². The Morgan fingerprint density at radius 2 is 2.38 bits per heavy atom. The molecule has 0 aromatic heterocycles. The SMILES string of the molecule is CCc1cc(Br)cc(C2CNCCO2)c1O. The highest BCUT2D eigenvalue weighted by atomic mass is 79.9. The smallest absolute Gasteiger partial charge is 0.124 e. The largest absolute Gasteiger partial charge is 0.507 e. The van der Waals surface area contributed by atoms with Crippen LogP contribution in [0.4, 0.5) is 0 Å². The minimum absolute atomic E-state index is 0.0449. The first-order valence-electron chi connectivity index (χ1n) is 5.56. The number of hydrogen-bond donors (Lipinski definition) is 2. The number of phenols is 1. The fourth-order valence-corrected chi connectivity index (χ4v) is 2.48. The van der Waals surface area contributed by atoms with Gasteiger partial charge in [-0.2, -0.15) is 0 Å². The predicted molar refractivity (Wildman–Crippen MR) is 66.7 cm³/mol. The van der Waals surface area contributed by atoms with Crippen LogP contribution in [0.15, 0.2) is 16.6 Å². The van der Waals surface area contributed by atoms with Crippen LogP contribution in [-0.4, -0.2) is 24.8 Å². The van der Waals surface area contributed by atoms with Crippen LogP contribution in [-0.2, 0) is 11.2 Å². The van der Waals surface area contributed by atoms with Gasteiger partial charge in [0.1, 0.15) is 5.75 Å². The number of benzene rings is 1. The number of aryl methyl sites for hydroxylation is 1. The van der Waals surface area contributed by atoms with Crippen LogP contribution in [0.3, 0.4) is 0 Å². The van der Waals surface area contributed by atoms with Gasteiger partial charge in [0, 0.05) is 23.1 Å². The number of morpholine rings is 1. The van der Waals surface area contributed by atoms with Crippen molar-refractivity contribution in [1.82, 2.24) is 5.32 Å². The molecule has 1 aliphatic rings. The third-order valence-corrected chi connectivity index (χ3v) is 3.30. The molecule has 88 valence electrons.